The fourth-order valence-electron chi connectivity index (χ4n) is 1.55. The minimum Gasteiger partial charge on any atom is -0.399 e. The molecule has 2 aromatic rings. The SMILES string of the molecule is CCC(C)n1nnnc1-c1ccc(N)cc1Cl. The molecule has 2 N–H and O–H groups in total. The van der Waals surface area contributed by atoms with Crippen LogP contribution in [0.25, 0.3) is 11.4 Å². The van der Waals surface area contributed by atoms with E-state index in [9.17, 15) is 0 Å². The van der Waals surface area contributed by atoms with Gasteiger partial charge in [0, 0.05) is 11.3 Å². The smallest absolute Gasteiger partial charge is 0.183 e. The van der Waals surface area contributed by atoms with E-state index < -0.39 is 0 Å². The molecule has 0 aliphatic carbocycles. The van der Waals surface area contributed by atoms with Crippen molar-refractivity contribution >= 4 is 17.3 Å². The number of anilines is 1. The summed E-state index contributed by atoms with van der Waals surface area (Å²) in [7, 11) is 0. The van der Waals surface area contributed by atoms with E-state index in [1.807, 2.05) is 6.07 Å². The quantitative estimate of drug-likeness (QED) is 0.851. The van der Waals surface area contributed by atoms with Crippen molar-refractivity contribution in [3.05, 3.63) is 23.2 Å². The molecule has 1 aromatic heterocycles. The standard InChI is InChI=1S/C11H14ClN5/c1-3-7(2)17-11(14-15-16-17)9-5-4-8(13)6-10(9)12/h4-7H,3,13H2,1-2H3. The zero-order valence-corrected chi connectivity index (χ0v) is 10.5. The Bertz CT molecular complexity index is 522. The van der Waals surface area contributed by atoms with Crippen LogP contribution in [0.4, 0.5) is 5.69 Å². The number of nitrogens with zero attached hydrogens (tertiary/aromatic N) is 4. The summed E-state index contributed by atoms with van der Waals surface area (Å²) < 4.78 is 1.78. The molecule has 6 heteroatoms. The van der Waals surface area contributed by atoms with E-state index in [4.69, 9.17) is 17.3 Å². The number of rotatable bonds is 3. The van der Waals surface area contributed by atoms with Gasteiger partial charge in [0.15, 0.2) is 5.82 Å². The fourth-order valence-corrected chi connectivity index (χ4v) is 1.83. The number of aromatic nitrogens is 4. The van der Waals surface area contributed by atoms with Gasteiger partial charge in [-0.3, -0.25) is 0 Å². The normalized spacial score (nSPS) is 12.6. The predicted octanol–water partition coefficient (Wildman–Crippen LogP) is 2.55. The van der Waals surface area contributed by atoms with E-state index in [-0.39, 0.29) is 6.04 Å². The lowest BCUT2D eigenvalue weighted by molar-refractivity contribution is 0.469. The summed E-state index contributed by atoms with van der Waals surface area (Å²) in [6.45, 7) is 4.14. The van der Waals surface area contributed by atoms with Gasteiger partial charge < -0.3 is 5.73 Å². The number of nitrogen functional groups attached to an aromatic ring is 1. The highest BCUT2D eigenvalue weighted by Gasteiger charge is 2.15. The van der Waals surface area contributed by atoms with E-state index in [0.717, 1.165) is 12.0 Å². The first-order valence-electron chi connectivity index (χ1n) is 5.46. The molecule has 0 fully saturated rings. The Morgan fingerprint density at radius 1 is 1.47 bits per heavy atom. The zero-order chi connectivity index (χ0) is 12.4. The van der Waals surface area contributed by atoms with Gasteiger partial charge in [0.25, 0.3) is 0 Å². The first-order chi connectivity index (χ1) is 8.13. The van der Waals surface area contributed by atoms with Crippen LogP contribution >= 0.6 is 11.6 Å². The molecular formula is C11H14ClN5. The van der Waals surface area contributed by atoms with Gasteiger partial charge in [0.05, 0.1) is 11.1 Å². The topological polar surface area (TPSA) is 69.6 Å². The Morgan fingerprint density at radius 2 is 2.24 bits per heavy atom. The van der Waals surface area contributed by atoms with Crippen molar-refractivity contribution in [2.45, 2.75) is 26.3 Å². The molecule has 1 atom stereocenters. The fraction of sp³-hybridized carbons (Fsp3) is 0.364. The highest BCUT2D eigenvalue weighted by Crippen LogP contribution is 2.29. The zero-order valence-electron chi connectivity index (χ0n) is 9.76. The van der Waals surface area contributed by atoms with Crippen molar-refractivity contribution in [2.75, 3.05) is 5.73 Å². The summed E-state index contributed by atoms with van der Waals surface area (Å²) in [6, 6.07) is 5.56. The molecule has 17 heavy (non-hydrogen) atoms. The maximum absolute atomic E-state index is 6.15. The van der Waals surface area contributed by atoms with Crippen molar-refractivity contribution in [3.63, 3.8) is 0 Å². The largest absolute Gasteiger partial charge is 0.399 e. The number of halogens is 1. The van der Waals surface area contributed by atoms with Gasteiger partial charge in [0.2, 0.25) is 0 Å². The molecule has 0 radical (unpaired) electrons. The maximum atomic E-state index is 6.15. The summed E-state index contributed by atoms with van der Waals surface area (Å²) in [5, 5.41) is 12.3. The number of hydrogen-bond acceptors (Lipinski definition) is 4. The first kappa shape index (κ1) is 11.9. The molecule has 0 saturated heterocycles. The Balaban J connectivity index is 2.50. The van der Waals surface area contributed by atoms with Crippen LogP contribution in [0, 0.1) is 0 Å². The molecule has 5 nitrogen and oxygen atoms in total. The van der Waals surface area contributed by atoms with Crippen LogP contribution in [-0.2, 0) is 0 Å². The van der Waals surface area contributed by atoms with E-state index in [1.54, 1.807) is 16.8 Å². The predicted molar refractivity (Wildman–Crippen MR) is 67.7 cm³/mol. The molecule has 0 amide bonds. The molecule has 1 aromatic carbocycles. The van der Waals surface area contributed by atoms with Gasteiger partial charge in [-0.15, -0.1) is 5.10 Å². The molecule has 0 spiro atoms. The monoisotopic (exact) mass is 251 g/mol. The van der Waals surface area contributed by atoms with Crippen molar-refractivity contribution in [3.8, 4) is 11.4 Å². The van der Waals surface area contributed by atoms with Gasteiger partial charge in [-0.2, -0.15) is 0 Å². The molecule has 0 bridgehead atoms. The highest BCUT2D eigenvalue weighted by molar-refractivity contribution is 6.33. The van der Waals surface area contributed by atoms with Crippen molar-refractivity contribution in [2.24, 2.45) is 0 Å². The molecule has 1 unspecified atom stereocenters. The third-order valence-electron chi connectivity index (χ3n) is 2.74. The Morgan fingerprint density at radius 3 is 2.88 bits per heavy atom. The summed E-state index contributed by atoms with van der Waals surface area (Å²) in [5.41, 5.74) is 7.09. The lowest BCUT2D eigenvalue weighted by Gasteiger charge is -2.11. The van der Waals surface area contributed by atoms with Crippen molar-refractivity contribution < 1.29 is 0 Å². The highest BCUT2D eigenvalue weighted by atomic mass is 35.5. The van der Waals surface area contributed by atoms with Gasteiger partial charge in [-0.05, 0) is 42.0 Å². The Kier molecular flexibility index (Phi) is 3.28. The average molecular weight is 252 g/mol. The van der Waals surface area contributed by atoms with E-state index in [2.05, 4.69) is 29.4 Å². The third kappa shape index (κ3) is 2.24. The van der Waals surface area contributed by atoms with Crippen LogP contribution in [0.3, 0.4) is 0 Å². The van der Waals surface area contributed by atoms with E-state index in [0.29, 0.717) is 16.5 Å². The Hall–Kier alpha value is -1.62. The van der Waals surface area contributed by atoms with Crippen LogP contribution in [-0.4, -0.2) is 20.2 Å². The first-order valence-corrected chi connectivity index (χ1v) is 5.84. The van der Waals surface area contributed by atoms with Crippen LogP contribution in [0.5, 0.6) is 0 Å². The second kappa shape index (κ2) is 4.71. The summed E-state index contributed by atoms with van der Waals surface area (Å²) in [5.74, 6) is 0.671. The molecule has 2 rings (SSSR count). The molecule has 0 aliphatic heterocycles. The van der Waals surface area contributed by atoms with Crippen LogP contribution < -0.4 is 5.73 Å². The molecule has 1 heterocycles. The third-order valence-corrected chi connectivity index (χ3v) is 3.05. The number of nitrogens with two attached hydrogens (primary N) is 1. The van der Waals surface area contributed by atoms with Crippen LogP contribution in [0.2, 0.25) is 5.02 Å². The number of tetrazole rings is 1. The second-order valence-corrected chi connectivity index (χ2v) is 4.35. The van der Waals surface area contributed by atoms with E-state index >= 15 is 0 Å². The lowest BCUT2D eigenvalue weighted by atomic mass is 10.2. The molecule has 0 aliphatic rings. The summed E-state index contributed by atoms with van der Waals surface area (Å²) in [6.07, 6.45) is 0.949. The molecule has 90 valence electrons. The minimum absolute atomic E-state index is 0.230. The molecule has 0 saturated carbocycles. The van der Waals surface area contributed by atoms with Crippen LogP contribution in [0.15, 0.2) is 18.2 Å². The van der Waals surface area contributed by atoms with Gasteiger partial charge in [-0.25, -0.2) is 4.68 Å². The Labute approximate surface area is 105 Å². The van der Waals surface area contributed by atoms with Crippen molar-refractivity contribution in [1.29, 1.82) is 0 Å². The summed E-state index contributed by atoms with van der Waals surface area (Å²) in [4.78, 5) is 0. The number of benzene rings is 1. The van der Waals surface area contributed by atoms with Crippen molar-refractivity contribution in [1.82, 2.24) is 20.2 Å². The summed E-state index contributed by atoms with van der Waals surface area (Å²) >= 11 is 6.15. The number of hydrogen-bond donors (Lipinski definition) is 1. The van der Waals surface area contributed by atoms with Gasteiger partial charge in [-0.1, -0.05) is 18.5 Å². The minimum atomic E-state index is 0.230. The average Bonchev–Trinajstić information content (AvgIpc) is 2.77. The molecular weight excluding hydrogens is 238 g/mol. The second-order valence-electron chi connectivity index (χ2n) is 3.94. The van der Waals surface area contributed by atoms with Gasteiger partial charge >= 0.3 is 0 Å². The van der Waals surface area contributed by atoms with E-state index in [1.165, 1.54) is 0 Å². The van der Waals surface area contributed by atoms with Gasteiger partial charge in [0.1, 0.15) is 0 Å². The maximum Gasteiger partial charge on any atom is 0.183 e. The lowest BCUT2D eigenvalue weighted by Crippen LogP contribution is -2.08. The van der Waals surface area contributed by atoms with Crippen LogP contribution in [0.1, 0.15) is 26.3 Å².